The van der Waals surface area contributed by atoms with Gasteiger partial charge in [-0.05, 0) is 50.5 Å². The predicted octanol–water partition coefficient (Wildman–Crippen LogP) is 1.67. The molecule has 0 spiro atoms. The molecule has 0 unspecified atom stereocenters. The van der Waals surface area contributed by atoms with E-state index in [1.54, 1.807) is 11.4 Å². The minimum Gasteiger partial charge on any atom is -0.314 e. The van der Waals surface area contributed by atoms with Gasteiger partial charge < -0.3 is 5.32 Å². The molecule has 0 aromatic heterocycles. The highest BCUT2D eigenvalue weighted by molar-refractivity contribution is 7.86. The molecule has 1 aliphatic carbocycles. The number of nitrogens with zero attached hydrogens (tertiary/aromatic N) is 2. The van der Waals surface area contributed by atoms with Crippen molar-refractivity contribution >= 4 is 10.2 Å². The zero-order chi connectivity index (χ0) is 15.5. The van der Waals surface area contributed by atoms with Crippen molar-refractivity contribution < 1.29 is 8.42 Å². The average Bonchev–Trinajstić information content (AvgIpc) is 3.27. The second-order valence-electron chi connectivity index (χ2n) is 7.04. The molecule has 1 saturated carbocycles. The lowest BCUT2D eigenvalue weighted by Gasteiger charge is -2.34. The smallest absolute Gasteiger partial charge is 0.281 e. The molecule has 2 aliphatic rings. The molecular weight excluding hydrogens is 286 g/mol. The Balaban J connectivity index is 1.76. The molecule has 124 valence electrons. The minimum absolute atomic E-state index is 0.530. The topological polar surface area (TPSA) is 52.7 Å². The standard InChI is InChI=1S/C15H31N3O2S/c1-13(2)6-9-17(3)21(19,20)18-10-7-14(8-11-18)12-16-15-4-5-15/h13-16H,4-12H2,1-3H3. The Morgan fingerprint density at radius 3 is 2.33 bits per heavy atom. The Bertz CT molecular complexity index is 413. The highest BCUT2D eigenvalue weighted by atomic mass is 32.2. The van der Waals surface area contributed by atoms with Gasteiger partial charge in [0.1, 0.15) is 0 Å². The van der Waals surface area contributed by atoms with Gasteiger partial charge in [0.2, 0.25) is 0 Å². The van der Waals surface area contributed by atoms with Crippen molar-refractivity contribution in [1.82, 2.24) is 13.9 Å². The molecule has 2 fully saturated rings. The summed E-state index contributed by atoms with van der Waals surface area (Å²) in [5.41, 5.74) is 0. The lowest BCUT2D eigenvalue weighted by molar-refractivity contribution is 0.252. The molecule has 1 heterocycles. The maximum Gasteiger partial charge on any atom is 0.281 e. The van der Waals surface area contributed by atoms with E-state index in [1.807, 2.05) is 0 Å². The van der Waals surface area contributed by atoms with Gasteiger partial charge in [-0.2, -0.15) is 17.0 Å². The number of hydrogen-bond donors (Lipinski definition) is 1. The number of nitrogens with one attached hydrogen (secondary N) is 1. The van der Waals surface area contributed by atoms with Gasteiger partial charge in [0, 0.05) is 32.7 Å². The summed E-state index contributed by atoms with van der Waals surface area (Å²) in [4.78, 5) is 0. The molecular formula is C15H31N3O2S. The van der Waals surface area contributed by atoms with Crippen LogP contribution < -0.4 is 5.32 Å². The lowest BCUT2D eigenvalue weighted by Crippen LogP contribution is -2.47. The number of rotatable bonds is 8. The van der Waals surface area contributed by atoms with E-state index in [9.17, 15) is 8.42 Å². The van der Waals surface area contributed by atoms with Crippen LogP contribution in [-0.2, 0) is 10.2 Å². The van der Waals surface area contributed by atoms with Crippen LogP contribution in [0.1, 0.15) is 46.0 Å². The molecule has 1 N–H and O–H groups in total. The highest BCUT2D eigenvalue weighted by Crippen LogP contribution is 2.23. The molecule has 1 aliphatic heterocycles. The van der Waals surface area contributed by atoms with Crippen molar-refractivity contribution in [2.24, 2.45) is 11.8 Å². The first-order valence-electron chi connectivity index (χ1n) is 8.34. The summed E-state index contributed by atoms with van der Waals surface area (Å²) in [5, 5.41) is 3.56. The molecule has 0 aromatic carbocycles. The van der Waals surface area contributed by atoms with Crippen LogP contribution in [0.25, 0.3) is 0 Å². The first-order valence-corrected chi connectivity index (χ1v) is 9.74. The highest BCUT2D eigenvalue weighted by Gasteiger charge is 2.31. The van der Waals surface area contributed by atoms with E-state index in [0.717, 1.165) is 31.8 Å². The zero-order valence-corrected chi connectivity index (χ0v) is 14.5. The maximum absolute atomic E-state index is 12.5. The van der Waals surface area contributed by atoms with Crippen molar-refractivity contribution in [3.63, 3.8) is 0 Å². The van der Waals surface area contributed by atoms with Gasteiger partial charge in [-0.1, -0.05) is 13.8 Å². The Morgan fingerprint density at radius 2 is 1.81 bits per heavy atom. The molecule has 1 saturated heterocycles. The second-order valence-corrected chi connectivity index (χ2v) is 9.07. The molecule has 0 bridgehead atoms. The van der Waals surface area contributed by atoms with E-state index in [2.05, 4.69) is 19.2 Å². The average molecular weight is 317 g/mol. The predicted molar refractivity (Wildman–Crippen MR) is 86.3 cm³/mol. The van der Waals surface area contributed by atoms with E-state index in [1.165, 1.54) is 17.1 Å². The fourth-order valence-corrected chi connectivity index (χ4v) is 4.12. The SMILES string of the molecule is CC(C)CCN(C)S(=O)(=O)N1CCC(CNC2CC2)CC1. The van der Waals surface area contributed by atoms with Crippen molar-refractivity contribution in [1.29, 1.82) is 0 Å². The van der Waals surface area contributed by atoms with Crippen molar-refractivity contribution in [3.8, 4) is 0 Å². The molecule has 0 aromatic rings. The Labute approximate surface area is 130 Å². The fraction of sp³-hybridized carbons (Fsp3) is 1.00. The fourth-order valence-electron chi connectivity index (χ4n) is 2.72. The van der Waals surface area contributed by atoms with Crippen LogP contribution in [0.3, 0.4) is 0 Å². The van der Waals surface area contributed by atoms with Crippen LogP contribution in [0.5, 0.6) is 0 Å². The maximum atomic E-state index is 12.5. The third-order valence-electron chi connectivity index (χ3n) is 4.59. The quantitative estimate of drug-likeness (QED) is 0.741. The molecule has 21 heavy (non-hydrogen) atoms. The van der Waals surface area contributed by atoms with Gasteiger partial charge in [0.15, 0.2) is 0 Å². The van der Waals surface area contributed by atoms with E-state index in [0.29, 0.717) is 31.5 Å². The number of piperidine rings is 1. The summed E-state index contributed by atoms with van der Waals surface area (Å²) in [7, 11) is -1.55. The van der Waals surface area contributed by atoms with Gasteiger partial charge in [-0.15, -0.1) is 0 Å². The van der Waals surface area contributed by atoms with Crippen LogP contribution >= 0.6 is 0 Å². The molecule has 6 heteroatoms. The minimum atomic E-state index is -3.25. The molecule has 2 rings (SSSR count). The summed E-state index contributed by atoms with van der Waals surface area (Å²) in [6.45, 7) is 7.26. The van der Waals surface area contributed by atoms with Crippen molar-refractivity contribution in [2.45, 2.75) is 52.0 Å². The Hall–Kier alpha value is -0.170. The van der Waals surface area contributed by atoms with Crippen LogP contribution in [0, 0.1) is 11.8 Å². The van der Waals surface area contributed by atoms with Gasteiger partial charge >= 0.3 is 0 Å². The Morgan fingerprint density at radius 1 is 1.19 bits per heavy atom. The van der Waals surface area contributed by atoms with Gasteiger partial charge in [-0.25, -0.2) is 0 Å². The van der Waals surface area contributed by atoms with E-state index in [-0.39, 0.29) is 0 Å². The van der Waals surface area contributed by atoms with E-state index in [4.69, 9.17) is 0 Å². The summed E-state index contributed by atoms with van der Waals surface area (Å²) < 4.78 is 28.2. The molecule has 0 amide bonds. The largest absolute Gasteiger partial charge is 0.314 e. The van der Waals surface area contributed by atoms with Crippen LogP contribution in [0.15, 0.2) is 0 Å². The first-order chi connectivity index (χ1) is 9.89. The first kappa shape index (κ1) is 17.2. The third-order valence-corrected chi connectivity index (χ3v) is 6.58. The second kappa shape index (κ2) is 7.40. The van der Waals surface area contributed by atoms with Crippen molar-refractivity contribution in [2.75, 3.05) is 33.2 Å². The molecule has 0 atom stereocenters. The Kier molecular flexibility index (Phi) is 6.05. The summed E-state index contributed by atoms with van der Waals surface area (Å²) in [6.07, 6.45) is 5.51. The van der Waals surface area contributed by atoms with Crippen LogP contribution in [-0.4, -0.2) is 56.3 Å². The van der Waals surface area contributed by atoms with Gasteiger partial charge in [-0.3, -0.25) is 0 Å². The van der Waals surface area contributed by atoms with Crippen LogP contribution in [0.2, 0.25) is 0 Å². The molecule has 5 nitrogen and oxygen atoms in total. The normalized spacial score (nSPS) is 22.3. The molecule has 0 radical (unpaired) electrons. The van der Waals surface area contributed by atoms with Gasteiger partial charge in [0.25, 0.3) is 10.2 Å². The third kappa shape index (κ3) is 5.20. The summed E-state index contributed by atoms with van der Waals surface area (Å²) in [5.74, 6) is 1.17. The zero-order valence-electron chi connectivity index (χ0n) is 13.7. The van der Waals surface area contributed by atoms with Crippen molar-refractivity contribution in [3.05, 3.63) is 0 Å². The van der Waals surface area contributed by atoms with E-state index < -0.39 is 10.2 Å². The number of hydrogen-bond acceptors (Lipinski definition) is 3. The lowest BCUT2D eigenvalue weighted by atomic mass is 9.98. The monoisotopic (exact) mass is 317 g/mol. The van der Waals surface area contributed by atoms with Gasteiger partial charge in [0.05, 0.1) is 0 Å². The van der Waals surface area contributed by atoms with E-state index >= 15 is 0 Å². The van der Waals surface area contributed by atoms with Crippen LogP contribution in [0.4, 0.5) is 0 Å². The summed E-state index contributed by atoms with van der Waals surface area (Å²) >= 11 is 0. The summed E-state index contributed by atoms with van der Waals surface area (Å²) in [6, 6.07) is 0.744.